The van der Waals surface area contributed by atoms with Crippen molar-refractivity contribution in [2.24, 2.45) is 0 Å². The van der Waals surface area contributed by atoms with Crippen LogP contribution < -0.4 is 0 Å². The SMILES string of the molecule is CN(CCc1ccc(C(F)(F)F)cc1)C(=O)c1cc(-c2ccc(F)cc2)n[nH]1. The Bertz CT molecular complexity index is 947. The van der Waals surface area contributed by atoms with Gasteiger partial charge in [-0.05, 0) is 54.4 Å². The van der Waals surface area contributed by atoms with Crippen molar-refractivity contribution in [1.82, 2.24) is 15.1 Å². The summed E-state index contributed by atoms with van der Waals surface area (Å²) in [6.07, 6.45) is -3.95. The van der Waals surface area contributed by atoms with Crippen LogP contribution in [0.4, 0.5) is 17.6 Å². The Morgan fingerprint density at radius 2 is 1.71 bits per heavy atom. The summed E-state index contributed by atoms with van der Waals surface area (Å²) in [5.74, 6) is -0.661. The highest BCUT2D eigenvalue weighted by Gasteiger charge is 2.29. The second-order valence-corrected chi connectivity index (χ2v) is 6.35. The minimum Gasteiger partial charge on any atom is -0.340 e. The number of nitrogens with one attached hydrogen (secondary N) is 1. The van der Waals surface area contributed by atoms with Crippen LogP contribution in [0, 0.1) is 5.82 Å². The van der Waals surface area contributed by atoms with Gasteiger partial charge < -0.3 is 4.90 Å². The van der Waals surface area contributed by atoms with E-state index in [-0.39, 0.29) is 17.4 Å². The van der Waals surface area contributed by atoms with Crippen LogP contribution in [0.25, 0.3) is 11.3 Å². The molecule has 1 aromatic heterocycles. The minimum absolute atomic E-state index is 0.272. The molecule has 0 bridgehead atoms. The highest BCUT2D eigenvalue weighted by Crippen LogP contribution is 2.29. The van der Waals surface area contributed by atoms with Gasteiger partial charge in [0.25, 0.3) is 5.91 Å². The average molecular weight is 391 g/mol. The van der Waals surface area contributed by atoms with E-state index < -0.39 is 11.7 Å². The van der Waals surface area contributed by atoms with E-state index in [0.29, 0.717) is 29.8 Å². The maximum atomic E-state index is 13.0. The first-order valence-electron chi connectivity index (χ1n) is 8.47. The summed E-state index contributed by atoms with van der Waals surface area (Å²) in [6.45, 7) is 0.328. The Morgan fingerprint density at radius 1 is 1.07 bits per heavy atom. The standard InChI is InChI=1S/C20H17F4N3O/c1-27(11-10-13-2-6-15(7-3-13)20(22,23)24)19(28)18-12-17(25-26-18)14-4-8-16(21)9-5-14/h2-9,12H,10-11H2,1H3,(H,25,26). The van der Waals surface area contributed by atoms with Crippen LogP contribution in [0.2, 0.25) is 0 Å². The molecule has 0 radical (unpaired) electrons. The van der Waals surface area contributed by atoms with Crippen molar-refractivity contribution in [2.75, 3.05) is 13.6 Å². The summed E-state index contributed by atoms with van der Waals surface area (Å²) in [5, 5.41) is 6.73. The van der Waals surface area contributed by atoms with Crippen molar-refractivity contribution in [3.63, 3.8) is 0 Å². The van der Waals surface area contributed by atoms with Gasteiger partial charge in [0, 0.05) is 19.2 Å². The number of likely N-dealkylation sites (N-methyl/N-ethyl adjacent to an activating group) is 1. The molecule has 2 aromatic carbocycles. The normalized spacial score (nSPS) is 11.5. The molecule has 1 amide bonds. The molecular weight excluding hydrogens is 374 g/mol. The van der Waals surface area contributed by atoms with Gasteiger partial charge in [-0.2, -0.15) is 18.3 Å². The number of hydrogen-bond donors (Lipinski definition) is 1. The molecule has 3 aromatic rings. The van der Waals surface area contributed by atoms with E-state index in [1.165, 1.54) is 29.2 Å². The van der Waals surface area contributed by atoms with E-state index in [9.17, 15) is 22.4 Å². The number of rotatable bonds is 5. The Kier molecular flexibility index (Phi) is 5.48. The first kappa shape index (κ1) is 19.6. The molecule has 0 spiro atoms. The number of halogens is 4. The quantitative estimate of drug-likeness (QED) is 0.649. The number of carbonyl (C=O) groups excluding carboxylic acids is 1. The summed E-state index contributed by atoms with van der Waals surface area (Å²) in [6, 6.07) is 12.2. The van der Waals surface area contributed by atoms with Crippen molar-refractivity contribution in [2.45, 2.75) is 12.6 Å². The molecule has 0 fully saturated rings. The van der Waals surface area contributed by atoms with Gasteiger partial charge >= 0.3 is 6.18 Å². The van der Waals surface area contributed by atoms with E-state index in [0.717, 1.165) is 12.1 Å². The van der Waals surface area contributed by atoms with Crippen molar-refractivity contribution in [3.8, 4) is 11.3 Å². The van der Waals surface area contributed by atoms with Crippen molar-refractivity contribution >= 4 is 5.91 Å². The Labute approximate surface area is 158 Å². The molecule has 0 atom stereocenters. The van der Waals surface area contributed by atoms with Crippen LogP contribution in [0.1, 0.15) is 21.6 Å². The lowest BCUT2D eigenvalue weighted by molar-refractivity contribution is -0.137. The van der Waals surface area contributed by atoms with Crippen LogP contribution in [0.5, 0.6) is 0 Å². The second-order valence-electron chi connectivity index (χ2n) is 6.35. The fourth-order valence-corrected chi connectivity index (χ4v) is 2.66. The number of H-pyrrole nitrogens is 1. The van der Waals surface area contributed by atoms with E-state index >= 15 is 0 Å². The van der Waals surface area contributed by atoms with E-state index in [2.05, 4.69) is 10.2 Å². The molecule has 0 aliphatic rings. The third-order valence-corrected chi connectivity index (χ3v) is 4.31. The molecule has 4 nitrogen and oxygen atoms in total. The maximum absolute atomic E-state index is 13.0. The summed E-state index contributed by atoms with van der Waals surface area (Å²) in [5.41, 5.74) is 1.45. The van der Waals surface area contributed by atoms with E-state index in [1.807, 2.05) is 0 Å². The third kappa shape index (κ3) is 4.57. The lowest BCUT2D eigenvalue weighted by Gasteiger charge is -2.16. The fourth-order valence-electron chi connectivity index (χ4n) is 2.66. The summed E-state index contributed by atoms with van der Waals surface area (Å²) >= 11 is 0. The number of hydrogen-bond acceptors (Lipinski definition) is 2. The molecule has 146 valence electrons. The highest BCUT2D eigenvalue weighted by molar-refractivity contribution is 5.93. The Balaban J connectivity index is 1.61. The van der Waals surface area contributed by atoms with Gasteiger partial charge in [0.15, 0.2) is 0 Å². The molecule has 1 heterocycles. The largest absolute Gasteiger partial charge is 0.416 e. The lowest BCUT2D eigenvalue weighted by atomic mass is 10.1. The fraction of sp³-hybridized carbons (Fsp3) is 0.200. The molecule has 0 unspecified atom stereocenters. The molecule has 28 heavy (non-hydrogen) atoms. The zero-order valence-corrected chi connectivity index (χ0v) is 14.9. The van der Waals surface area contributed by atoms with E-state index in [4.69, 9.17) is 0 Å². The minimum atomic E-state index is -4.37. The second kappa shape index (κ2) is 7.84. The zero-order valence-electron chi connectivity index (χ0n) is 14.9. The molecular formula is C20H17F4N3O. The zero-order chi connectivity index (χ0) is 20.3. The number of nitrogens with zero attached hydrogens (tertiary/aromatic N) is 2. The highest BCUT2D eigenvalue weighted by atomic mass is 19.4. The van der Waals surface area contributed by atoms with Crippen LogP contribution in [0.15, 0.2) is 54.6 Å². The number of alkyl halides is 3. The molecule has 0 saturated carbocycles. The number of amides is 1. The predicted molar refractivity (Wildman–Crippen MR) is 96.1 cm³/mol. The van der Waals surface area contributed by atoms with Gasteiger partial charge in [0.2, 0.25) is 0 Å². The van der Waals surface area contributed by atoms with Crippen LogP contribution in [-0.4, -0.2) is 34.6 Å². The summed E-state index contributed by atoms with van der Waals surface area (Å²) < 4.78 is 50.8. The van der Waals surface area contributed by atoms with Crippen LogP contribution in [-0.2, 0) is 12.6 Å². The van der Waals surface area contributed by atoms with Gasteiger partial charge in [-0.1, -0.05) is 12.1 Å². The molecule has 3 rings (SSSR count). The average Bonchev–Trinajstić information content (AvgIpc) is 3.16. The first-order chi connectivity index (χ1) is 13.2. The Hall–Kier alpha value is -3.16. The summed E-state index contributed by atoms with van der Waals surface area (Å²) in [4.78, 5) is 14.0. The number of aromatic amines is 1. The van der Waals surface area contributed by atoms with Gasteiger partial charge in [-0.3, -0.25) is 9.89 Å². The summed E-state index contributed by atoms with van der Waals surface area (Å²) in [7, 11) is 1.60. The predicted octanol–water partition coefficient (Wildman–Crippen LogP) is 4.55. The molecule has 0 aliphatic heterocycles. The lowest BCUT2D eigenvalue weighted by Crippen LogP contribution is -2.29. The molecule has 0 saturated heterocycles. The molecule has 8 heteroatoms. The first-order valence-corrected chi connectivity index (χ1v) is 8.47. The smallest absolute Gasteiger partial charge is 0.340 e. The van der Waals surface area contributed by atoms with Gasteiger partial charge in [-0.25, -0.2) is 4.39 Å². The maximum Gasteiger partial charge on any atom is 0.416 e. The number of benzene rings is 2. The van der Waals surface area contributed by atoms with Gasteiger partial charge in [-0.15, -0.1) is 0 Å². The van der Waals surface area contributed by atoms with Crippen molar-refractivity contribution < 1.29 is 22.4 Å². The van der Waals surface area contributed by atoms with Gasteiger partial charge in [0.1, 0.15) is 11.5 Å². The van der Waals surface area contributed by atoms with E-state index in [1.54, 1.807) is 25.2 Å². The topological polar surface area (TPSA) is 49.0 Å². The molecule has 0 aliphatic carbocycles. The van der Waals surface area contributed by atoms with Crippen molar-refractivity contribution in [3.05, 3.63) is 77.2 Å². The Morgan fingerprint density at radius 3 is 2.32 bits per heavy atom. The molecule has 1 N–H and O–H groups in total. The monoisotopic (exact) mass is 391 g/mol. The third-order valence-electron chi connectivity index (χ3n) is 4.31. The van der Waals surface area contributed by atoms with Crippen LogP contribution >= 0.6 is 0 Å². The van der Waals surface area contributed by atoms with Crippen molar-refractivity contribution in [1.29, 1.82) is 0 Å². The number of carbonyl (C=O) groups is 1. The van der Waals surface area contributed by atoms with Gasteiger partial charge in [0.05, 0.1) is 11.3 Å². The number of aromatic nitrogens is 2. The van der Waals surface area contributed by atoms with Crippen LogP contribution in [0.3, 0.4) is 0 Å².